The monoisotopic (exact) mass is 313 g/mol. The van der Waals surface area contributed by atoms with E-state index >= 15 is 0 Å². The number of methoxy groups -OCH3 is 1. The minimum atomic E-state index is 0.258. The van der Waals surface area contributed by atoms with Crippen LogP contribution in [0.4, 0.5) is 5.82 Å². The molecule has 7 nitrogen and oxygen atoms in total. The van der Waals surface area contributed by atoms with Gasteiger partial charge in [-0.15, -0.1) is 0 Å². The van der Waals surface area contributed by atoms with Crippen LogP contribution in [0.15, 0.2) is 30.3 Å². The summed E-state index contributed by atoms with van der Waals surface area (Å²) in [5.41, 5.74) is 8.22. The average molecular weight is 313 g/mol. The molecule has 120 valence electrons. The number of nitrogens with two attached hydrogens (primary N) is 1. The number of ether oxygens (including phenoxy) is 2. The van der Waals surface area contributed by atoms with Crippen molar-refractivity contribution in [1.82, 2.24) is 19.5 Å². The van der Waals surface area contributed by atoms with Crippen molar-refractivity contribution in [2.75, 3.05) is 19.5 Å². The Kier molecular flexibility index (Phi) is 4.27. The smallest absolute Gasteiger partial charge is 0.320 e. The van der Waals surface area contributed by atoms with Crippen LogP contribution >= 0.6 is 0 Å². The van der Waals surface area contributed by atoms with Gasteiger partial charge in [0, 0.05) is 0 Å². The topological polar surface area (TPSA) is 88.1 Å². The first-order valence-corrected chi connectivity index (χ1v) is 7.47. The summed E-state index contributed by atoms with van der Waals surface area (Å²) in [6, 6.07) is 10.7. The lowest BCUT2D eigenvalue weighted by molar-refractivity contribution is 0.293. The zero-order valence-corrected chi connectivity index (χ0v) is 13.2. The van der Waals surface area contributed by atoms with Gasteiger partial charge in [-0.1, -0.05) is 37.3 Å². The first-order chi connectivity index (χ1) is 11.2. The van der Waals surface area contributed by atoms with Crippen molar-refractivity contribution in [3.8, 4) is 12.0 Å². The Balaban J connectivity index is 2.08. The Morgan fingerprint density at radius 1 is 1.13 bits per heavy atom. The third-order valence-electron chi connectivity index (χ3n) is 3.37. The molecular weight excluding hydrogens is 294 g/mol. The molecule has 0 fully saturated rings. The molecule has 3 aromatic rings. The minimum Gasteiger partial charge on any atom is -0.468 e. The number of hydrogen-bond acceptors (Lipinski definition) is 6. The van der Waals surface area contributed by atoms with Gasteiger partial charge in [-0.25, -0.2) is 0 Å². The molecule has 0 aliphatic heterocycles. The molecule has 23 heavy (non-hydrogen) atoms. The number of nitrogen functional groups attached to an aromatic ring is 1. The molecular formula is C16H19N5O2. The van der Waals surface area contributed by atoms with Gasteiger partial charge < -0.3 is 15.2 Å². The van der Waals surface area contributed by atoms with E-state index in [0.717, 1.165) is 12.0 Å². The van der Waals surface area contributed by atoms with Crippen molar-refractivity contribution in [3.63, 3.8) is 0 Å². The average Bonchev–Trinajstić information content (AvgIpc) is 2.92. The van der Waals surface area contributed by atoms with E-state index in [1.165, 1.54) is 0 Å². The molecule has 7 heteroatoms. The number of rotatable bonds is 6. The van der Waals surface area contributed by atoms with E-state index in [1.54, 1.807) is 7.11 Å². The van der Waals surface area contributed by atoms with Crippen molar-refractivity contribution in [2.24, 2.45) is 0 Å². The molecule has 0 radical (unpaired) electrons. The van der Waals surface area contributed by atoms with Crippen LogP contribution in [0.25, 0.3) is 11.2 Å². The summed E-state index contributed by atoms with van der Waals surface area (Å²) in [5, 5.41) is 0. The lowest BCUT2D eigenvalue weighted by Crippen LogP contribution is -2.06. The van der Waals surface area contributed by atoms with Crippen molar-refractivity contribution in [2.45, 2.75) is 19.9 Å². The molecule has 3 rings (SSSR count). The Labute approximate surface area is 134 Å². The number of anilines is 1. The van der Waals surface area contributed by atoms with Crippen LogP contribution in [-0.2, 0) is 6.54 Å². The number of fused-ring (bicyclic) bond motifs is 1. The lowest BCUT2D eigenvalue weighted by atomic mass is 10.2. The Morgan fingerprint density at radius 3 is 2.61 bits per heavy atom. The predicted molar refractivity (Wildman–Crippen MR) is 87.6 cm³/mol. The number of benzene rings is 1. The molecule has 0 aliphatic carbocycles. The number of nitrogens with zero attached hydrogens (tertiary/aromatic N) is 4. The summed E-state index contributed by atoms with van der Waals surface area (Å²) >= 11 is 0. The fourth-order valence-electron chi connectivity index (χ4n) is 2.30. The molecule has 0 saturated heterocycles. The maximum absolute atomic E-state index is 6.00. The van der Waals surface area contributed by atoms with Gasteiger partial charge in [0.15, 0.2) is 17.0 Å². The standard InChI is InChI=1S/C16H19N5O2/c1-3-9-23-15-19-13(17)12-14(20-15)21(16(18-12)22-2)10-11-7-5-4-6-8-11/h4-8H,3,9-10H2,1-2H3,(H2,17,19,20). The fourth-order valence-corrected chi connectivity index (χ4v) is 2.30. The van der Waals surface area contributed by atoms with E-state index in [1.807, 2.05) is 41.8 Å². The van der Waals surface area contributed by atoms with Crippen molar-refractivity contribution < 1.29 is 9.47 Å². The number of imidazole rings is 1. The van der Waals surface area contributed by atoms with E-state index < -0.39 is 0 Å². The summed E-state index contributed by atoms with van der Waals surface area (Å²) in [6.45, 7) is 3.13. The van der Waals surface area contributed by atoms with Gasteiger partial charge in [-0.2, -0.15) is 15.0 Å². The van der Waals surface area contributed by atoms with E-state index in [-0.39, 0.29) is 11.8 Å². The van der Waals surface area contributed by atoms with Crippen molar-refractivity contribution in [1.29, 1.82) is 0 Å². The van der Waals surface area contributed by atoms with Crippen LogP contribution in [-0.4, -0.2) is 33.2 Å². The number of hydrogen-bond donors (Lipinski definition) is 1. The maximum atomic E-state index is 6.00. The first kappa shape index (κ1) is 15.1. The zero-order chi connectivity index (χ0) is 16.2. The first-order valence-electron chi connectivity index (χ1n) is 7.47. The fraction of sp³-hybridized carbons (Fsp3) is 0.312. The molecule has 2 heterocycles. The molecule has 0 bridgehead atoms. The predicted octanol–water partition coefficient (Wildman–Crippen LogP) is 2.25. The summed E-state index contributed by atoms with van der Waals surface area (Å²) in [5.74, 6) is 0.284. The zero-order valence-electron chi connectivity index (χ0n) is 13.2. The van der Waals surface area contributed by atoms with Crippen LogP contribution in [0, 0.1) is 0 Å². The van der Waals surface area contributed by atoms with E-state index in [2.05, 4.69) is 15.0 Å². The number of aromatic nitrogens is 4. The van der Waals surface area contributed by atoms with Gasteiger partial charge in [0.25, 0.3) is 6.01 Å². The van der Waals surface area contributed by atoms with E-state index in [4.69, 9.17) is 15.2 Å². The van der Waals surface area contributed by atoms with Crippen molar-refractivity contribution in [3.05, 3.63) is 35.9 Å². The van der Waals surface area contributed by atoms with Crippen LogP contribution in [0.2, 0.25) is 0 Å². The normalized spacial score (nSPS) is 10.9. The second kappa shape index (κ2) is 6.51. The Bertz CT molecular complexity index is 801. The summed E-state index contributed by atoms with van der Waals surface area (Å²) in [6.07, 6.45) is 0.869. The highest BCUT2D eigenvalue weighted by atomic mass is 16.5. The summed E-state index contributed by atoms with van der Waals surface area (Å²) in [7, 11) is 1.57. The van der Waals surface area contributed by atoms with Crippen LogP contribution in [0.1, 0.15) is 18.9 Å². The summed E-state index contributed by atoms with van der Waals surface area (Å²) in [4.78, 5) is 13.0. The third kappa shape index (κ3) is 3.03. The molecule has 2 aromatic heterocycles. The van der Waals surface area contributed by atoms with Gasteiger partial charge in [0.2, 0.25) is 0 Å². The van der Waals surface area contributed by atoms with Gasteiger partial charge in [0.05, 0.1) is 20.3 Å². The SMILES string of the molecule is CCCOc1nc(N)c2nc(OC)n(Cc3ccccc3)c2n1. The highest BCUT2D eigenvalue weighted by molar-refractivity contribution is 5.83. The van der Waals surface area contributed by atoms with Crippen molar-refractivity contribution >= 4 is 17.0 Å². The molecule has 0 saturated carbocycles. The quantitative estimate of drug-likeness (QED) is 0.751. The molecule has 0 unspecified atom stereocenters. The van der Waals surface area contributed by atoms with Crippen LogP contribution < -0.4 is 15.2 Å². The second-order valence-electron chi connectivity index (χ2n) is 5.08. The highest BCUT2D eigenvalue weighted by Gasteiger charge is 2.18. The minimum absolute atomic E-state index is 0.258. The summed E-state index contributed by atoms with van der Waals surface area (Å²) < 4.78 is 12.7. The molecule has 1 aromatic carbocycles. The molecule has 0 atom stereocenters. The Hall–Kier alpha value is -2.83. The van der Waals surface area contributed by atoms with E-state index in [0.29, 0.717) is 30.3 Å². The molecule has 0 spiro atoms. The molecule has 2 N–H and O–H groups in total. The molecule has 0 aliphatic rings. The highest BCUT2D eigenvalue weighted by Crippen LogP contribution is 2.26. The van der Waals surface area contributed by atoms with Crippen LogP contribution in [0.5, 0.6) is 12.0 Å². The molecule has 0 amide bonds. The van der Waals surface area contributed by atoms with Gasteiger partial charge in [-0.3, -0.25) is 4.57 Å². The lowest BCUT2D eigenvalue weighted by Gasteiger charge is -2.08. The Morgan fingerprint density at radius 2 is 1.91 bits per heavy atom. The largest absolute Gasteiger partial charge is 0.468 e. The van der Waals surface area contributed by atoms with Gasteiger partial charge >= 0.3 is 6.01 Å². The van der Waals surface area contributed by atoms with Crippen LogP contribution in [0.3, 0.4) is 0 Å². The van der Waals surface area contributed by atoms with Gasteiger partial charge in [-0.05, 0) is 12.0 Å². The third-order valence-corrected chi connectivity index (χ3v) is 3.37. The maximum Gasteiger partial charge on any atom is 0.320 e. The van der Waals surface area contributed by atoms with E-state index in [9.17, 15) is 0 Å². The second-order valence-corrected chi connectivity index (χ2v) is 5.08. The van der Waals surface area contributed by atoms with Gasteiger partial charge in [0.1, 0.15) is 0 Å².